The minimum atomic E-state index is -3.59. The first-order valence-corrected chi connectivity index (χ1v) is 6.23. The van der Waals surface area contributed by atoms with Gasteiger partial charge in [-0.3, -0.25) is 0 Å². The molecule has 0 heterocycles. The minimum Gasteiger partial charge on any atom is -0.318 e. The SMILES string of the molecule is CS(=O)(=O)CS(=O)(=O)CN.[CH3+]. The summed E-state index contributed by atoms with van der Waals surface area (Å²) in [4.78, 5) is 0. The van der Waals surface area contributed by atoms with Gasteiger partial charge in [-0.05, 0) is 0 Å². The first kappa shape index (κ1) is 13.3. The van der Waals surface area contributed by atoms with E-state index in [1.807, 2.05) is 0 Å². The first-order valence-electron chi connectivity index (χ1n) is 2.35. The number of rotatable bonds is 3. The molecule has 0 aliphatic heterocycles. The van der Waals surface area contributed by atoms with E-state index in [9.17, 15) is 16.8 Å². The molecule has 0 aliphatic rings. The predicted molar refractivity (Wildman–Crippen MR) is 44.1 cm³/mol. The van der Waals surface area contributed by atoms with Gasteiger partial charge >= 0.3 is 0 Å². The molecular formula is C4H12NO4S2+. The molecule has 0 atom stereocenters. The second-order valence-corrected chi connectivity index (χ2v) is 6.57. The zero-order valence-electron chi connectivity index (χ0n) is 6.44. The van der Waals surface area contributed by atoms with Crippen molar-refractivity contribution in [1.82, 2.24) is 0 Å². The van der Waals surface area contributed by atoms with Gasteiger partial charge in [0.25, 0.3) is 0 Å². The van der Waals surface area contributed by atoms with Crippen LogP contribution in [0.5, 0.6) is 0 Å². The maximum Gasteiger partial charge on any atom is 0.177 e. The lowest BCUT2D eigenvalue weighted by Crippen LogP contribution is -2.22. The van der Waals surface area contributed by atoms with Crippen molar-refractivity contribution in [2.24, 2.45) is 5.73 Å². The van der Waals surface area contributed by atoms with E-state index in [2.05, 4.69) is 0 Å². The van der Waals surface area contributed by atoms with Crippen molar-refractivity contribution in [2.45, 2.75) is 0 Å². The molecule has 0 unspecified atom stereocenters. The van der Waals surface area contributed by atoms with Crippen molar-refractivity contribution in [2.75, 3.05) is 17.2 Å². The maximum atomic E-state index is 10.5. The van der Waals surface area contributed by atoms with Crippen LogP contribution in [-0.2, 0) is 19.7 Å². The summed E-state index contributed by atoms with van der Waals surface area (Å²) in [5, 5.41) is -0.865. The molecule has 0 aliphatic carbocycles. The van der Waals surface area contributed by atoms with Crippen LogP contribution in [0, 0.1) is 7.43 Å². The second kappa shape index (κ2) is 3.93. The number of hydrogen-bond acceptors (Lipinski definition) is 5. The topological polar surface area (TPSA) is 94.3 Å². The van der Waals surface area contributed by atoms with E-state index in [4.69, 9.17) is 5.73 Å². The van der Waals surface area contributed by atoms with E-state index in [0.717, 1.165) is 6.26 Å². The summed E-state index contributed by atoms with van der Waals surface area (Å²) in [5.74, 6) is -0.625. The Hall–Kier alpha value is -0.270. The van der Waals surface area contributed by atoms with Crippen LogP contribution in [0.15, 0.2) is 0 Å². The zero-order valence-corrected chi connectivity index (χ0v) is 8.07. The molecule has 5 nitrogen and oxygen atoms in total. The van der Waals surface area contributed by atoms with Crippen molar-refractivity contribution in [3.63, 3.8) is 0 Å². The van der Waals surface area contributed by atoms with Crippen LogP contribution in [0.2, 0.25) is 0 Å². The summed E-state index contributed by atoms with van der Waals surface area (Å²) in [6, 6.07) is 0. The van der Waals surface area contributed by atoms with Crippen molar-refractivity contribution >= 4 is 19.7 Å². The Morgan fingerprint density at radius 2 is 1.55 bits per heavy atom. The fourth-order valence-corrected chi connectivity index (χ4v) is 3.37. The van der Waals surface area contributed by atoms with Gasteiger partial charge in [0.2, 0.25) is 0 Å². The summed E-state index contributed by atoms with van der Waals surface area (Å²) in [5.41, 5.74) is 4.76. The number of nitrogens with two attached hydrogens (primary N) is 1. The van der Waals surface area contributed by atoms with E-state index in [1.165, 1.54) is 0 Å². The maximum absolute atomic E-state index is 10.5. The van der Waals surface area contributed by atoms with Crippen LogP contribution in [0.1, 0.15) is 0 Å². The van der Waals surface area contributed by atoms with E-state index >= 15 is 0 Å². The van der Waals surface area contributed by atoms with Crippen LogP contribution in [0.4, 0.5) is 0 Å². The molecule has 11 heavy (non-hydrogen) atoms. The van der Waals surface area contributed by atoms with Gasteiger partial charge in [-0.2, -0.15) is 0 Å². The molecule has 0 aromatic rings. The Morgan fingerprint density at radius 1 is 1.18 bits per heavy atom. The Bertz CT molecular complexity index is 288. The second-order valence-electron chi connectivity index (χ2n) is 1.95. The lowest BCUT2D eigenvalue weighted by molar-refractivity contribution is 0.592. The molecular weight excluding hydrogens is 190 g/mol. The molecule has 0 bridgehead atoms. The van der Waals surface area contributed by atoms with Gasteiger partial charge in [0.15, 0.2) is 24.8 Å². The molecule has 2 N–H and O–H groups in total. The van der Waals surface area contributed by atoms with Crippen molar-refractivity contribution in [3.8, 4) is 0 Å². The average molecular weight is 202 g/mol. The highest BCUT2D eigenvalue weighted by molar-refractivity contribution is 8.07. The van der Waals surface area contributed by atoms with Crippen molar-refractivity contribution < 1.29 is 16.8 Å². The third-order valence-corrected chi connectivity index (χ3v) is 4.30. The smallest absolute Gasteiger partial charge is 0.177 e. The molecule has 0 fully saturated rings. The van der Waals surface area contributed by atoms with Crippen LogP contribution in [0.3, 0.4) is 0 Å². The largest absolute Gasteiger partial charge is 0.318 e. The highest BCUT2D eigenvalue weighted by atomic mass is 32.3. The average Bonchev–Trinajstić information content (AvgIpc) is 1.60. The third-order valence-electron chi connectivity index (χ3n) is 0.648. The van der Waals surface area contributed by atoms with Gasteiger partial charge < -0.3 is 5.73 Å². The zero-order chi connectivity index (χ0) is 8.41. The fourth-order valence-electron chi connectivity index (χ4n) is 0.374. The Kier molecular flexibility index (Phi) is 4.77. The normalized spacial score (nSPS) is 12.2. The minimum absolute atomic E-state index is 0. The molecule has 0 aromatic heterocycles. The lowest BCUT2D eigenvalue weighted by Gasteiger charge is -1.96. The molecule has 0 spiro atoms. The molecule has 7 heteroatoms. The van der Waals surface area contributed by atoms with Gasteiger partial charge in [0.05, 0.1) is 5.88 Å². The van der Waals surface area contributed by atoms with Gasteiger partial charge in [-0.1, -0.05) is 0 Å². The molecule has 0 radical (unpaired) electrons. The molecule has 0 saturated heterocycles. The molecule has 0 amide bonds. The number of sulfone groups is 2. The van der Waals surface area contributed by atoms with Crippen LogP contribution in [0.25, 0.3) is 0 Å². The fraction of sp³-hybridized carbons (Fsp3) is 0.750. The predicted octanol–water partition coefficient (Wildman–Crippen LogP) is -1.23. The number of hydrogen-bond donors (Lipinski definition) is 1. The summed E-state index contributed by atoms with van der Waals surface area (Å²) >= 11 is 0. The first-order chi connectivity index (χ1) is 4.27. The van der Waals surface area contributed by atoms with Crippen molar-refractivity contribution in [3.05, 3.63) is 7.43 Å². The summed E-state index contributed by atoms with van der Waals surface area (Å²) in [6.45, 7) is 0. The monoisotopic (exact) mass is 202 g/mol. The lowest BCUT2D eigenvalue weighted by atomic mass is 11.5. The molecule has 0 rings (SSSR count). The van der Waals surface area contributed by atoms with Gasteiger partial charge in [0, 0.05) is 13.7 Å². The Balaban J connectivity index is 0. The Morgan fingerprint density at radius 3 is 1.64 bits per heavy atom. The van der Waals surface area contributed by atoms with Crippen LogP contribution >= 0.6 is 0 Å². The van der Waals surface area contributed by atoms with E-state index in [1.54, 1.807) is 0 Å². The Labute approximate surface area is 67.4 Å². The summed E-state index contributed by atoms with van der Waals surface area (Å²) < 4.78 is 41.8. The third kappa shape index (κ3) is 7.63. The summed E-state index contributed by atoms with van der Waals surface area (Å²) in [7, 11) is -7.05. The molecule has 0 saturated carbocycles. The highest BCUT2D eigenvalue weighted by Gasteiger charge is 2.15. The van der Waals surface area contributed by atoms with Crippen molar-refractivity contribution in [1.29, 1.82) is 0 Å². The standard InChI is InChI=1S/C3H9NO4S2.CH3/c1-9(5,6)3-10(7,8)2-4;/h2-4H2,1H3;1H3/q;+1. The highest BCUT2D eigenvalue weighted by Crippen LogP contribution is 1.91. The van der Waals surface area contributed by atoms with Crippen LogP contribution < -0.4 is 5.73 Å². The quantitative estimate of drug-likeness (QED) is 0.578. The van der Waals surface area contributed by atoms with Gasteiger partial charge in [-0.25, -0.2) is 16.8 Å². The van der Waals surface area contributed by atoms with Gasteiger partial charge in [-0.15, -0.1) is 0 Å². The van der Waals surface area contributed by atoms with E-state index in [0.29, 0.717) is 0 Å². The summed E-state index contributed by atoms with van der Waals surface area (Å²) in [6.07, 6.45) is 0.847. The van der Waals surface area contributed by atoms with Crippen LogP contribution in [-0.4, -0.2) is 34.1 Å². The van der Waals surface area contributed by atoms with E-state index < -0.39 is 30.6 Å². The van der Waals surface area contributed by atoms with E-state index in [-0.39, 0.29) is 7.43 Å². The molecule has 68 valence electrons. The van der Waals surface area contributed by atoms with Gasteiger partial charge in [0.1, 0.15) is 0 Å². The molecule has 0 aromatic carbocycles.